The molecular weight excluding hydrogens is 410 g/mol. The maximum Gasteiger partial charge on any atom is 0.269 e. The Kier molecular flexibility index (Phi) is 5.91. The lowest BCUT2D eigenvalue weighted by molar-refractivity contribution is -0.132. The average Bonchev–Trinajstić information content (AvgIpc) is 3.07. The van der Waals surface area contributed by atoms with Crippen LogP contribution in [-0.4, -0.2) is 24.3 Å². The maximum absolute atomic E-state index is 12.6. The van der Waals surface area contributed by atoms with Gasteiger partial charge in [-0.25, -0.2) is 0 Å². The van der Waals surface area contributed by atoms with Crippen molar-refractivity contribution in [2.24, 2.45) is 5.92 Å². The van der Waals surface area contributed by atoms with Gasteiger partial charge in [0.1, 0.15) is 5.92 Å². The molecule has 0 radical (unpaired) electrons. The lowest BCUT2D eigenvalue weighted by Gasteiger charge is -2.17. The van der Waals surface area contributed by atoms with Gasteiger partial charge in [0, 0.05) is 22.3 Å². The molecule has 0 aliphatic carbocycles. The molecule has 0 aromatic heterocycles. The van der Waals surface area contributed by atoms with Crippen molar-refractivity contribution in [2.75, 3.05) is 11.4 Å². The predicted molar refractivity (Wildman–Crippen MR) is 106 cm³/mol. The van der Waals surface area contributed by atoms with Crippen molar-refractivity contribution in [3.05, 3.63) is 64.1 Å². The molecule has 1 saturated heterocycles. The summed E-state index contributed by atoms with van der Waals surface area (Å²) >= 11 is 3.38. The quantitative estimate of drug-likeness (QED) is 0.579. The van der Waals surface area contributed by atoms with E-state index in [0.717, 1.165) is 22.1 Å². The van der Waals surface area contributed by atoms with Crippen LogP contribution in [0.5, 0.6) is 0 Å². The second kappa shape index (κ2) is 8.35. The number of carbonyl (C=O) groups excluding carboxylic acids is 3. The highest BCUT2D eigenvalue weighted by Crippen LogP contribution is 2.27. The minimum Gasteiger partial charge on any atom is -0.312 e. The Balaban J connectivity index is 1.58. The van der Waals surface area contributed by atoms with Crippen LogP contribution in [-0.2, 0) is 16.0 Å². The van der Waals surface area contributed by atoms with Gasteiger partial charge in [-0.05, 0) is 48.7 Å². The average molecular weight is 430 g/mol. The lowest BCUT2D eigenvalue weighted by Crippen LogP contribution is -2.46. The van der Waals surface area contributed by atoms with Crippen molar-refractivity contribution in [2.45, 2.75) is 19.8 Å². The minimum absolute atomic E-state index is 0.271. The Labute approximate surface area is 166 Å². The van der Waals surface area contributed by atoms with Crippen molar-refractivity contribution in [1.82, 2.24) is 10.9 Å². The van der Waals surface area contributed by atoms with Crippen LogP contribution in [0.3, 0.4) is 0 Å². The van der Waals surface area contributed by atoms with Gasteiger partial charge in [0.05, 0.1) is 0 Å². The van der Waals surface area contributed by atoms with Crippen LogP contribution in [0.25, 0.3) is 0 Å². The first kappa shape index (κ1) is 19.1. The number of anilines is 1. The molecule has 0 bridgehead atoms. The van der Waals surface area contributed by atoms with Crippen LogP contribution in [0.15, 0.2) is 53.0 Å². The first-order chi connectivity index (χ1) is 13.0. The van der Waals surface area contributed by atoms with Crippen molar-refractivity contribution < 1.29 is 14.4 Å². The summed E-state index contributed by atoms with van der Waals surface area (Å²) in [5.74, 6) is -2.00. The van der Waals surface area contributed by atoms with E-state index in [2.05, 4.69) is 26.8 Å². The minimum atomic E-state index is -0.813. The van der Waals surface area contributed by atoms with Crippen LogP contribution >= 0.6 is 15.9 Å². The first-order valence-corrected chi connectivity index (χ1v) is 9.55. The van der Waals surface area contributed by atoms with Gasteiger partial charge in [-0.1, -0.05) is 41.1 Å². The number of halogens is 1. The number of benzene rings is 2. The Morgan fingerprint density at radius 1 is 1.15 bits per heavy atom. The Hall–Kier alpha value is -2.67. The number of amides is 3. The number of nitrogens with one attached hydrogen (secondary N) is 2. The zero-order chi connectivity index (χ0) is 19.4. The SMILES string of the molecule is CCc1ccc(C(=O)NNC(=O)C2CCN(c3cccc(Br)c3)C2=O)cc1. The smallest absolute Gasteiger partial charge is 0.269 e. The first-order valence-electron chi connectivity index (χ1n) is 8.75. The predicted octanol–water partition coefficient (Wildman–Crippen LogP) is 2.83. The molecule has 140 valence electrons. The maximum atomic E-state index is 12.6. The van der Waals surface area contributed by atoms with E-state index in [-0.39, 0.29) is 5.91 Å². The Bertz CT molecular complexity index is 867. The number of aryl methyl sites for hydroxylation is 1. The molecule has 1 atom stereocenters. The van der Waals surface area contributed by atoms with E-state index in [0.29, 0.717) is 18.5 Å². The zero-order valence-electron chi connectivity index (χ0n) is 14.9. The van der Waals surface area contributed by atoms with Crippen LogP contribution in [0, 0.1) is 5.92 Å². The molecule has 6 nitrogen and oxygen atoms in total. The summed E-state index contributed by atoms with van der Waals surface area (Å²) in [6, 6.07) is 14.5. The second-order valence-electron chi connectivity index (χ2n) is 6.30. The standard InChI is InChI=1S/C20H20BrN3O3/c1-2-13-6-8-14(9-7-13)18(25)22-23-19(26)17-10-11-24(20(17)27)16-5-3-4-15(21)12-16/h3-9,12,17H,2,10-11H2,1H3,(H,22,25)(H,23,26). The van der Waals surface area contributed by atoms with Gasteiger partial charge in [-0.2, -0.15) is 0 Å². The summed E-state index contributed by atoms with van der Waals surface area (Å²) in [4.78, 5) is 38.7. The van der Waals surface area contributed by atoms with Crippen molar-refractivity contribution in [3.63, 3.8) is 0 Å². The Morgan fingerprint density at radius 3 is 2.56 bits per heavy atom. The van der Waals surface area contributed by atoms with Gasteiger partial charge in [0.15, 0.2) is 0 Å². The van der Waals surface area contributed by atoms with E-state index in [1.807, 2.05) is 43.3 Å². The summed E-state index contributed by atoms with van der Waals surface area (Å²) in [5, 5.41) is 0. The van der Waals surface area contributed by atoms with Gasteiger partial charge in [-0.3, -0.25) is 25.2 Å². The zero-order valence-corrected chi connectivity index (χ0v) is 16.5. The molecule has 2 aromatic rings. The molecule has 2 aromatic carbocycles. The molecule has 0 saturated carbocycles. The number of carbonyl (C=O) groups is 3. The lowest BCUT2D eigenvalue weighted by atomic mass is 10.1. The molecule has 1 aliphatic heterocycles. The molecule has 1 unspecified atom stereocenters. The van der Waals surface area contributed by atoms with Gasteiger partial charge >= 0.3 is 0 Å². The third kappa shape index (κ3) is 4.36. The molecule has 1 heterocycles. The molecule has 1 aliphatic rings. The highest BCUT2D eigenvalue weighted by atomic mass is 79.9. The molecule has 0 spiro atoms. The highest BCUT2D eigenvalue weighted by molar-refractivity contribution is 9.10. The van der Waals surface area contributed by atoms with Crippen molar-refractivity contribution >= 4 is 39.3 Å². The van der Waals surface area contributed by atoms with Crippen LogP contribution < -0.4 is 15.8 Å². The summed E-state index contributed by atoms with van der Waals surface area (Å²) in [6.07, 6.45) is 1.29. The largest absolute Gasteiger partial charge is 0.312 e. The monoisotopic (exact) mass is 429 g/mol. The summed E-state index contributed by atoms with van der Waals surface area (Å²) in [5.41, 5.74) is 7.06. The summed E-state index contributed by atoms with van der Waals surface area (Å²) in [7, 11) is 0. The second-order valence-corrected chi connectivity index (χ2v) is 7.22. The Morgan fingerprint density at radius 2 is 1.89 bits per heavy atom. The van der Waals surface area contributed by atoms with Gasteiger partial charge < -0.3 is 4.90 Å². The van der Waals surface area contributed by atoms with E-state index >= 15 is 0 Å². The van der Waals surface area contributed by atoms with Gasteiger partial charge in [0.2, 0.25) is 5.91 Å². The number of hydrazine groups is 1. The molecule has 27 heavy (non-hydrogen) atoms. The molecule has 2 N–H and O–H groups in total. The fraction of sp³-hybridized carbons (Fsp3) is 0.250. The molecule has 3 rings (SSSR count). The van der Waals surface area contributed by atoms with Gasteiger partial charge in [0.25, 0.3) is 11.8 Å². The topological polar surface area (TPSA) is 78.5 Å². The molecule has 1 fully saturated rings. The fourth-order valence-corrected chi connectivity index (χ4v) is 3.38. The van der Waals surface area contributed by atoms with E-state index in [1.165, 1.54) is 0 Å². The fourth-order valence-electron chi connectivity index (χ4n) is 2.99. The molecular formula is C20H20BrN3O3. The highest BCUT2D eigenvalue weighted by Gasteiger charge is 2.37. The van der Waals surface area contributed by atoms with Crippen molar-refractivity contribution in [1.29, 1.82) is 0 Å². The van der Waals surface area contributed by atoms with Crippen LogP contribution in [0.1, 0.15) is 29.3 Å². The molecule has 3 amide bonds. The molecule has 7 heteroatoms. The van der Waals surface area contributed by atoms with Gasteiger partial charge in [-0.15, -0.1) is 0 Å². The third-order valence-electron chi connectivity index (χ3n) is 4.57. The normalized spacial score (nSPS) is 16.3. The third-order valence-corrected chi connectivity index (χ3v) is 5.06. The van der Waals surface area contributed by atoms with E-state index in [1.54, 1.807) is 17.0 Å². The number of hydrogen-bond donors (Lipinski definition) is 2. The van der Waals surface area contributed by atoms with Crippen LogP contribution in [0.2, 0.25) is 0 Å². The van der Waals surface area contributed by atoms with E-state index in [9.17, 15) is 14.4 Å². The van der Waals surface area contributed by atoms with E-state index in [4.69, 9.17) is 0 Å². The van der Waals surface area contributed by atoms with Crippen LogP contribution in [0.4, 0.5) is 5.69 Å². The summed E-state index contributed by atoms with van der Waals surface area (Å²) < 4.78 is 0.863. The van der Waals surface area contributed by atoms with Crippen molar-refractivity contribution in [3.8, 4) is 0 Å². The van der Waals surface area contributed by atoms with E-state index < -0.39 is 17.7 Å². The number of nitrogens with zero attached hydrogens (tertiary/aromatic N) is 1. The summed E-state index contributed by atoms with van der Waals surface area (Å²) in [6.45, 7) is 2.49. The number of rotatable bonds is 4. The number of hydrogen-bond acceptors (Lipinski definition) is 3.